The number of hydrogen-bond acceptors (Lipinski definition) is 7. The third-order valence-corrected chi connectivity index (χ3v) is 2.62. The van der Waals surface area contributed by atoms with Gasteiger partial charge in [0.15, 0.2) is 0 Å². The molecule has 0 heterocycles. The Labute approximate surface area is 98.1 Å². The van der Waals surface area contributed by atoms with E-state index in [2.05, 4.69) is 0 Å². The standard InChI is InChI=1S/C3H7NO5S.C2H7NO3S/c4-2(3(5)6)1-10(7,8)9;3-1-2-7(4,5)6/h2H,1,4H2,(H,5,6)(H,7,8,9);1-3H2,(H,4,5,6)/t2-;/m0./s1. The van der Waals surface area contributed by atoms with Gasteiger partial charge in [-0.3, -0.25) is 13.9 Å². The van der Waals surface area contributed by atoms with Crippen LogP contribution in [0.25, 0.3) is 0 Å². The van der Waals surface area contributed by atoms with E-state index in [1.54, 1.807) is 0 Å². The third-order valence-electron chi connectivity index (χ3n) is 1.08. The second kappa shape index (κ2) is 7.52. The van der Waals surface area contributed by atoms with E-state index < -0.39 is 38.0 Å². The predicted molar refractivity (Wildman–Crippen MR) is 57.5 cm³/mol. The third kappa shape index (κ3) is 17.8. The number of carboxylic acid groups (broad SMARTS) is 1. The Kier molecular flexibility index (Phi) is 8.21. The van der Waals surface area contributed by atoms with Crippen LogP contribution >= 0.6 is 0 Å². The normalized spacial score (nSPS) is 13.4. The largest absolute Gasteiger partial charge is 0.480 e. The van der Waals surface area contributed by atoms with E-state index >= 15 is 0 Å². The number of rotatable bonds is 5. The van der Waals surface area contributed by atoms with Crippen molar-refractivity contribution in [2.24, 2.45) is 11.5 Å². The maximum Gasteiger partial charge on any atom is 0.321 e. The summed E-state index contributed by atoms with van der Waals surface area (Å²) >= 11 is 0. The Hall–Kier alpha value is -0.790. The topological polar surface area (TPSA) is 198 Å². The first-order chi connectivity index (χ1) is 7.39. The lowest BCUT2D eigenvalue weighted by Gasteiger charge is -2.01. The highest BCUT2D eigenvalue weighted by Gasteiger charge is 2.18. The zero-order valence-corrected chi connectivity index (χ0v) is 10.2. The van der Waals surface area contributed by atoms with Crippen molar-refractivity contribution in [3.63, 3.8) is 0 Å². The van der Waals surface area contributed by atoms with Crippen molar-refractivity contribution in [2.45, 2.75) is 6.04 Å². The van der Waals surface area contributed by atoms with Gasteiger partial charge in [0, 0.05) is 6.54 Å². The molecule has 0 aliphatic carbocycles. The zero-order chi connectivity index (χ0) is 14.3. The van der Waals surface area contributed by atoms with E-state index in [9.17, 15) is 21.6 Å². The minimum absolute atomic E-state index is 0.0289. The van der Waals surface area contributed by atoms with Gasteiger partial charge in [-0.1, -0.05) is 0 Å². The molecule has 0 aliphatic heterocycles. The molecule has 0 saturated carbocycles. The van der Waals surface area contributed by atoms with Gasteiger partial charge < -0.3 is 16.6 Å². The summed E-state index contributed by atoms with van der Waals surface area (Å²) in [5, 5.41) is 8.04. The van der Waals surface area contributed by atoms with Crippen molar-refractivity contribution in [1.29, 1.82) is 0 Å². The monoisotopic (exact) mass is 294 g/mol. The van der Waals surface area contributed by atoms with Crippen LogP contribution in [0.5, 0.6) is 0 Å². The van der Waals surface area contributed by atoms with Crippen molar-refractivity contribution in [3.05, 3.63) is 0 Å². The molecule has 0 unspecified atom stereocenters. The van der Waals surface area contributed by atoms with E-state index in [4.69, 9.17) is 25.7 Å². The summed E-state index contributed by atoms with van der Waals surface area (Å²) in [7, 11) is -8.07. The fourth-order valence-corrected chi connectivity index (χ4v) is 1.34. The number of hydrogen-bond donors (Lipinski definition) is 5. The summed E-state index contributed by atoms with van der Waals surface area (Å²) in [6.07, 6.45) is 0. The van der Waals surface area contributed by atoms with Crippen LogP contribution < -0.4 is 11.5 Å². The van der Waals surface area contributed by atoms with Gasteiger partial charge in [-0.05, 0) is 0 Å². The summed E-state index contributed by atoms with van der Waals surface area (Å²) in [6, 6.07) is -1.56. The number of nitrogens with two attached hydrogens (primary N) is 2. The first-order valence-corrected chi connectivity index (χ1v) is 7.19. The van der Waals surface area contributed by atoms with Gasteiger partial charge in [0.05, 0.1) is 5.75 Å². The van der Waals surface area contributed by atoms with Gasteiger partial charge in [-0.2, -0.15) is 16.8 Å². The molecule has 0 bridgehead atoms. The van der Waals surface area contributed by atoms with Crippen LogP contribution in [0, 0.1) is 0 Å². The van der Waals surface area contributed by atoms with Gasteiger partial charge in [0.1, 0.15) is 11.8 Å². The summed E-state index contributed by atoms with van der Waals surface area (Å²) in [6.45, 7) is -0.0289. The van der Waals surface area contributed by atoms with E-state index in [1.807, 2.05) is 0 Å². The fourth-order valence-electron chi connectivity index (χ4n) is 0.447. The van der Waals surface area contributed by atoms with Gasteiger partial charge >= 0.3 is 5.97 Å². The van der Waals surface area contributed by atoms with Gasteiger partial charge in [0.2, 0.25) is 0 Å². The Morgan fingerprint density at radius 1 is 1.12 bits per heavy atom. The highest BCUT2D eigenvalue weighted by molar-refractivity contribution is 7.86. The first-order valence-electron chi connectivity index (χ1n) is 3.98. The van der Waals surface area contributed by atoms with Crippen LogP contribution in [-0.4, -0.2) is 61.1 Å². The maximum absolute atomic E-state index is 9.96. The average Bonchev–Trinajstić information content (AvgIpc) is 1.98. The number of aliphatic carboxylic acids is 1. The first kappa shape index (κ1) is 18.6. The Bertz CT molecular complexity index is 427. The molecule has 0 saturated heterocycles. The molecule has 0 aliphatic rings. The molecule has 17 heavy (non-hydrogen) atoms. The van der Waals surface area contributed by atoms with Crippen molar-refractivity contribution in [2.75, 3.05) is 18.1 Å². The van der Waals surface area contributed by atoms with Crippen molar-refractivity contribution >= 4 is 26.2 Å². The minimum Gasteiger partial charge on any atom is -0.480 e. The maximum atomic E-state index is 9.96. The van der Waals surface area contributed by atoms with Gasteiger partial charge in [-0.15, -0.1) is 0 Å². The van der Waals surface area contributed by atoms with E-state index in [0.29, 0.717) is 0 Å². The lowest BCUT2D eigenvalue weighted by Crippen LogP contribution is -2.36. The SMILES string of the molecule is NCCS(=O)(=O)O.N[C@@H](CS(=O)(=O)O)C(=O)O. The van der Waals surface area contributed by atoms with E-state index in [-0.39, 0.29) is 12.3 Å². The lowest BCUT2D eigenvalue weighted by molar-refractivity contribution is -0.138. The summed E-state index contributed by atoms with van der Waals surface area (Å²) in [5.41, 5.74) is 9.54. The molecule has 0 fully saturated rings. The second-order valence-electron chi connectivity index (χ2n) is 2.77. The Morgan fingerprint density at radius 3 is 1.59 bits per heavy atom. The second-order valence-corrected chi connectivity index (χ2v) is 5.84. The molecule has 0 radical (unpaired) electrons. The molecular weight excluding hydrogens is 280 g/mol. The molecule has 10 nitrogen and oxygen atoms in total. The van der Waals surface area contributed by atoms with Gasteiger partial charge in [0.25, 0.3) is 20.2 Å². The smallest absolute Gasteiger partial charge is 0.321 e. The molecule has 7 N–H and O–H groups in total. The predicted octanol–water partition coefficient (Wildman–Crippen LogP) is -2.88. The van der Waals surface area contributed by atoms with Crippen LogP contribution in [0.3, 0.4) is 0 Å². The molecule has 0 spiro atoms. The highest BCUT2D eigenvalue weighted by atomic mass is 32.2. The van der Waals surface area contributed by atoms with Crippen LogP contribution in [0.1, 0.15) is 0 Å². The lowest BCUT2D eigenvalue weighted by atomic mass is 10.4. The average molecular weight is 294 g/mol. The molecule has 0 rings (SSSR count). The van der Waals surface area contributed by atoms with Crippen molar-refractivity contribution < 1.29 is 35.8 Å². The summed E-state index contributed by atoms with van der Waals surface area (Å²) in [5.74, 6) is -2.77. The van der Waals surface area contributed by atoms with Crippen LogP contribution in [-0.2, 0) is 25.0 Å². The fraction of sp³-hybridized carbons (Fsp3) is 0.800. The summed E-state index contributed by atoms with van der Waals surface area (Å²) in [4.78, 5) is 9.88. The molecule has 1 atom stereocenters. The van der Waals surface area contributed by atoms with E-state index in [1.165, 1.54) is 0 Å². The van der Waals surface area contributed by atoms with Crippen LogP contribution in [0.15, 0.2) is 0 Å². The molecular formula is C5H14N2O8S2. The molecule has 0 amide bonds. The molecule has 104 valence electrons. The Balaban J connectivity index is 0. The zero-order valence-electron chi connectivity index (χ0n) is 8.55. The Morgan fingerprint density at radius 2 is 1.53 bits per heavy atom. The molecule has 0 aromatic carbocycles. The van der Waals surface area contributed by atoms with E-state index in [0.717, 1.165) is 0 Å². The van der Waals surface area contributed by atoms with Gasteiger partial charge in [-0.25, -0.2) is 0 Å². The quantitative estimate of drug-likeness (QED) is 0.328. The molecule has 0 aromatic heterocycles. The summed E-state index contributed by atoms with van der Waals surface area (Å²) < 4.78 is 55.3. The molecule has 12 heteroatoms. The highest BCUT2D eigenvalue weighted by Crippen LogP contribution is 1.86. The van der Waals surface area contributed by atoms with Crippen molar-refractivity contribution in [1.82, 2.24) is 0 Å². The number of carboxylic acids is 1. The number of carbonyl (C=O) groups is 1. The van der Waals surface area contributed by atoms with Crippen molar-refractivity contribution in [3.8, 4) is 0 Å². The minimum atomic E-state index is -4.27. The van der Waals surface area contributed by atoms with Crippen LogP contribution in [0.4, 0.5) is 0 Å². The molecule has 0 aromatic rings. The van der Waals surface area contributed by atoms with Crippen LogP contribution in [0.2, 0.25) is 0 Å².